The Kier molecular flexibility index (Phi) is 6.63. The van der Waals surface area contributed by atoms with E-state index in [0.29, 0.717) is 36.0 Å². The van der Waals surface area contributed by atoms with Gasteiger partial charge in [0.15, 0.2) is 23.1 Å². The summed E-state index contributed by atoms with van der Waals surface area (Å²) in [5.74, 6) is 0.123. The van der Waals surface area contributed by atoms with E-state index < -0.39 is 11.7 Å². The first-order valence-corrected chi connectivity index (χ1v) is 9.04. The quantitative estimate of drug-likeness (QED) is 0.609. The first-order chi connectivity index (χ1) is 14.1. The third-order valence-corrected chi connectivity index (χ3v) is 4.03. The van der Waals surface area contributed by atoms with Gasteiger partial charge < -0.3 is 19.5 Å². The Hall–Kier alpha value is -3.61. The highest BCUT2D eigenvalue weighted by molar-refractivity contribution is 6.04. The fourth-order valence-corrected chi connectivity index (χ4v) is 2.63. The highest BCUT2D eigenvalue weighted by Crippen LogP contribution is 2.30. The van der Waals surface area contributed by atoms with Crippen molar-refractivity contribution in [2.45, 2.75) is 13.5 Å². The van der Waals surface area contributed by atoms with E-state index in [1.165, 1.54) is 19.2 Å². The first kappa shape index (κ1) is 20.1. The largest absolute Gasteiger partial charge is 0.494 e. The number of benzene rings is 2. The topological polar surface area (TPSA) is 69.7 Å². The summed E-state index contributed by atoms with van der Waals surface area (Å²) >= 11 is 0. The molecule has 0 saturated carbocycles. The molecule has 7 heteroatoms. The van der Waals surface area contributed by atoms with Crippen LogP contribution in [-0.4, -0.2) is 24.6 Å². The molecule has 0 aliphatic carbocycles. The number of nitrogens with zero attached hydrogens (tertiary/aromatic N) is 1. The third kappa shape index (κ3) is 5.22. The average molecular weight is 396 g/mol. The summed E-state index contributed by atoms with van der Waals surface area (Å²) in [6, 6.07) is 12.8. The van der Waals surface area contributed by atoms with Crippen molar-refractivity contribution in [2.24, 2.45) is 0 Å². The number of rotatable bonds is 8. The lowest BCUT2D eigenvalue weighted by Crippen LogP contribution is -2.12. The molecule has 0 atom stereocenters. The summed E-state index contributed by atoms with van der Waals surface area (Å²) in [4.78, 5) is 16.6. The number of halogens is 1. The van der Waals surface area contributed by atoms with E-state index in [1.54, 1.807) is 36.7 Å². The molecule has 150 valence electrons. The third-order valence-electron chi connectivity index (χ3n) is 4.03. The van der Waals surface area contributed by atoms with Crippen molar-refractivity contribution in [2.75, 3.05) is 19.0 Å². The molecule has 0 aliphatic rings. The number of ether oxygens (including phenoxy) is 3. The van der Waals surface area contributed by atoms with Gasteiger partial charge in [-0.3, -0.25) is 9.78 Å². The SMILES string of the molecule is CCOc1cc(C(=O)Nc2ccc(OC)c(F)c2)ccc1OCc1cccnc1. The minimum absolute atomic E-state index is 0.108. The Morgan fingerprint density at radius 3 is 2.59 bits per heavy atom. The van der Waals surface area contributed by atoms with Crippen LogP contribution in [0.5, 0.6) is 17.2 Å². The van der Waals surface area contributed by atoms with Crippen LogP contribution >= 0.6 is 0 Å². The molecule has 2 aromatic carbocycles. The van der Waals surface area contributed by atoms with Crippen molar-refractivity contribution in [3.05, 3.63) is 77.9 Å². The number of pyridine rings is 1. The van der Waals surface area contributed by atoms with Crippen molar-refractivity contribution in [1.82, 2.24) is 4.98 Å². The van der Waals surface area contributed by atoms with Crippen LogP contribution in [0.1, 0.15) is 22.8 Å². The summed E-state index contributed by atoms with van der Waals surface area (Å²) < 4.78 is 30.1. The molecule has 1 aromatic heterocycles. The number of amides is 1. The van der Waals surface area contributed by atoms with E-state index >= 15 is 0 Å². The van der Waals surface area contributed by atoms with Crippen molar-refractivity contribution in [3.8, 4) is 17.2 Å². The molecule has 0 unspecified atom stereocenters. The molecule has 0 fully saturated rings. The number of nitrogens with one attached hydrogen (secondary N) is 1. The zero-order chi connectivity index (χ0) is 20.6. The molecule has 1 heterocycles. The number of hydrogen-bond acceptors (Lipinski definition) is 5. The summed E-state index contributed by atoms with van der Waals surface area (Å²) in [6.07, 6.45) is 3.41. The lowest BCUT2D eigenvalue weighted by molar-refractivity contribution is 0.102. The van der Waals surface area contributed by atoms with Crippen LogP contribution in [0.3, 0.4) is 0 Å². The number of carbonyl (C=O) groups is 1. The fraction of sp³-hybridized carbons (Fsp3) is 0.182. The highest BCUT2D eigenvalue weighted by atomic mass is 19.1. The van der Waals surface area contributed by atoms with E-state index in [1.807, 2.05) is 19.1 Å². The molecule has 6 nitrogen and oxygen atoms in total. The van der Waals surface area contributed by atoms with Crippen LogP contribution < -0.4 is 19.5 Å². The van der Waals surface area contributed by atoms with E-state index in [0.717, 1.165) is 5.56 Å². The summed E-state index contributed by atoms with van der Waals surface area (Å²) in [7, 11) is 1.38. The van der Waals surface area contributed by atoms with Crippen molar-refractivity contribution < 1.29 is 23.4 Å². The highest BCUT2D eigenvalue weighted by Gasteiger charge is 2.13. The zero-order valence-electron chi connectivity index (χ0n) is 16.1. The van der Waals surface area contributed by atoms with Crippen LogP contribution in [0, 0.1) is 5.82 Å². The molecule has 0 saturated heterocycles. The van der Waals surface area contributed by atoms with Gasteiger partial charge in [-0.15, -0.1) is 0 Å². The fourth-order valence-electron chi connectivity index (χ4n) is 2.63. The minimum Gasteiger partial charge on any atom is -0.494 e. The van der Waals surface area contributed by atoms with Gasteiger partial charge in [-0.05, 0) is 43.3 Å². The van der Waals surface area contributed by atoms with Crippen molar-refractivity contribution >= 4 is 11.6 Å². The second-order valence-corrected chi connectivity index (χ2v) is 6.05. The number of hydrogen-bond donors (Lipinski definition) is 1. The molecule has 1 amide bonds. The molecular formula is C22H21FN2O4. The second kappa shape index (κ2) is 9.54. The van der Waals surface area contributed by atoms with Gasteiger partial charge in [-0.1, -0.05) is 6.07 Å². The lowest BCUT2D eigenvalue weighted by atomic mass is 10.1. The molecule has 3 aromatic rings. The van der Waals surface area contributed by atoms with Crippen LogP contribution in [-0.2, 0) is 6.61 Å². The predicted molar refractivity (Wildman–Crippen MR) is 107 cm³/mol. The van der Waals surface area contributed by atoms with Crippen LogP contribution in [0.25, 0.3) is 0 Å². The molecule has 0 aliphatic heterocycles. The van der Waals surface area contributed by atoms with Gasteiger partial charge in [-0.25, -0.2) is 4.39 Å². The molecular weight excluding hydrogens is 375 g/mol. The molecule has 29 heavy (non-hydrogen) atoms. The Bertz CT molecular complexity index is 980. The van der Waals surface area contributed by atoms with Gasteiger partial charge in [-0.2, -0.15) is 0 Å². The normalized spacial score (nSPS) is 10.3. The Labute approximate surface area is 168 Å². The second-order valence-electron chi connectivity index (χ2n) is 6.05. The van der Waals surface area contributed by atoms with E-state index in [-0.39, 0.29) is 5.75 Å². The van der Waals surface area contributed by atoms with Gasteiger partial charge >= 0.3 is 0 Å². The van der Waals surface area contributed by atoms with Crippen molar-refractivity contribution in [1.29, 1.82) is 0 Å². The molecule has 0 bridgehead atoms. The molecule has 0 radical (unpaired) electrons. The standard InChI is InChI=1S/C22H21FN2O4/c1-3-28-21-11-16(6-8-20(21)29-14-15-5-4-10-24-13-15)22(26)25-17-7-9-19(27-2)18(23)12-17/h4-13H,3,14H2,1-2H3,(H,25,26). The van der Waals surface area contributed by atoms with Crippen LogP contribution in [0.15, 0.2) is 60.9 Å². The van der Waals surface area contributed by atoms with E-state index in [9.17, 15) is 9.18 Å². The summed E-state index contributed by atoms with van der Waals surface area (Å²) in [6.45, 7) is 2.58. The number of carbonyl (C=O) groups excluding carboxylic acids is 1. The van der Waals surface area contributed by atoms with Crippen LogP contribution in [0.4, 0.5) is 10.1 Å². The Morgan fingerprint density at radius 1 is 1.07 bits per heavy atom. The maximum absolute atomic E-state index is 13.8. The Balaban J connectivity index is 1.74. The lowest BCUT2D eigenvalue weighted by Gasteiger charge is -2.14. The molecule has 1 N–H and O–H groups in total. The zero-order valence-corrected chi connectivity index (χ0v) is 16.1. The van der Waals surface area contributed by atoms with Gasteiger partial charge in [0, 0.05) is 35.3 Å². The smallest absolute Gasteiger partial charge is 0.255 e. The predicted octanol–water partition coefficient (Wildman–Crippen LogP) is 4.46. The minimum atomic E-state index is -0.556. The molecule has 3 rings (SSSR count). The average Bonchev–Trinajstić information content (AvgIpc) is 2.74. The maximum atomic E-state index is 13.8. The van der Waals surface area contributed by atoms with E-state index in [4.69, 9.17) is 14.2 Å². The maximum Gasteiger partial charge on any atom is 0.255 e. The van der Waals surface area contributed by atoms with Crippen molar-refractivity contribution in [3.63, 3.8) is 0 Å². The summed E-state index contributed by atoms with van der Waals surface area (Å²) in [5.41, 5.74) is 1.60. The Morgan fingerprint density at radius 2 is 1.90 bits per heavy atom. The van der Waals surface area contributed by atoms with E-state index in [2.05, 4.69) is 10.3 Å². The number of aromatic nitrogens is 1. The summed E-state index contributed by atoms with van der Waals surface area (Å²) in [5, 5.41) is 2.66. The van der Waals surface area contributed by atoms with Gasteiger partial charge in [0.05, 0.1) is 13.7 Å². The number of anilines is 1. The van der Waals surface area contributed by atoms with Crippen LogP contribution in [0.2, 0.25) is 0 Å². The first-order valence-electron chi connectivity index (χ1n) is 9.04. The van der Waals surface area contributed by atoms with Gasteiger partial charge in [0.1, 0.15) is 6.61 Å². The van der Waals surface area contributed by atoms with Gasteiger partial charge in [0.25, 0.3) is 5.91 Å². The number of methoxy groups -OCH3 is 1. The van der Waals surface area contributed by atoms with Gasteiger partial charge in [0.2, 0.25) is 0 Å². The monoisotopic (exact) mass is 396 g/mol. The molecule has 0 spiro atoms.